The molecule has 2 aliphatic heterocycles. The molecule has 202 valence electrons. The van der Waals surface area contributed by atoms with Gasteiger partial charge in [0.05, 0.1) is 11.2 Å². The average molecular weight is 520 g/mol. The third-order valence-corrected chi connectivity index (χ3v) is 6.93. The summed E-state index contributed by atoms with van der Waals surface area (Å²) in [7, 11) is 0. The Bertz CT molecular complexity index is 1260. The van der Waals surface area contributed by atoms with Crippen molar-refractivity contribution in [2.45, 2.75) is 71.2 Å². The van der Waals surface area contributed by atoms with Crippen LogP contribution in [0.5, 0.6) is 0 Å². The summed E-state index contributed by atoms with van der Waals surface area (Å²) in [4.78, 5) is 44.0. The van der Waals surface area contributed by atoms with Crippen molar-refractivity contribution in [3.63, 3.8) is 0 Å². The van der Waals surface area contributed by atoms with Crippen molar-refractivity contribution in [2.24, 2.45) is 5.92 Å². The number of esters is 1. The van der Waals surface area contributed by atoms with Crippen LogP contribution in [0.15, 0.2) is 48.7 Å². The van der Waals surface area contributed by atoms with Gasteiger partial charge in [0, 0.05) is 24.0 Å². The molecule has 0 spiro atoms. The predicted octanol–water partition coefficient (Wildman–Crippen LogP) is 3.38. The molecule has 1 fully saturated rings. The maximum absolute atomic E-state index is 13.1. The third-order valence-electron chi connectivity index (χ3n) is 6.93. The Balaban J connectivity index is 1.64. The van der Waals surface area contributed by atoms with Gasteiger partial charge in [0.25, 0.3) is 5.91 Å². The van der Waals surface area contributed by atoms with Gasteiger partial charge in [-0.05, 0) is 56.4 Å². The third kappa shape index (κ3) is 6.39. The monoisotopic (exact) mass is 519 g/mol. The Morgan fingerprint density at radius 3 is 2.63 bits per heavy atom. The summed E-state index contributed by atoms with van der Waals surface area (Å²) < 4.78 is 5.78. The molecule has 5 bridgehead atoms. The fraction of sp³-hybridized carbons (Fsp3) is 0.448. The Morgan fingerprint density at radius 2 is 1.87 bits per heavy atom. The number of ether oxygens (including phenoxy) is 1. The Hall–Kier alpha value is -3.72. The molecule has 9 nitrogen and oxygen atoms in total. The molecule has 4 atom stereocenters. The van der Waals surface area contributed by atoms with Gasteiger partial charge in [0.2, 0.25) is 5.91 Å². The van der Waals surface area contributed by atoms with Crippen LogP contribution >= 0.6 is 0 Å². The highest BCUT2D eigenvalue weighted by molar-refractivity contribution is 5.90. The SMILES string of the molecule is C=C1C/C=C/c2ccc3ccc(cc3n2)[C@@H](C)OC(=O)[C@@H]2CCCN(N2)C(=O)[C@H](C)NC(=O)[C@H](C(C)C)N1. The number of hydrogen-bond acceptors (Lipinski definition) is 7. The van der Waals surface area contributed by atoms with E-state index in [0.717, 1.165) is 22.2 Å². The first kappa shape index (κ1) is 27.3. The number of cyclic esters (lactones) is 1. The molecule has 9 heteroatoms. The van der Waals surface area contributed by atoms with Crippen LogP contribution in [-0.2, 0) is 19.1 Å². The molecule has 38 heavy (non-hydrogen) atoms. The van der Waals surface area contributed by atoms with Gasteiger partial charge in [-0.15, -0.1) is 0 Å². The van der Waals surface area contributed by atoms with E-state index >= 15 is 0 Å². The van der Waals surface area contributed by atoms with Crippen LogP contribution in [0.2, 0.25) is 0 Å². The zero-order valence-corrected chi connectivity index (χ0v) is 22.5. The number of amides is 2. The van der Waals surface area contributed by atoms with Crippen LogP contribution in [0.25, 0.3) is 17.0 Å². The number of benzene rings is 1. The highest BCUT2D eigenvalue weighted by Crippen LogP contribution is 2.24. The lowest BCUT2D eigenvalue weighted by Gasteiger charge is -2.35. The molecular formula is C29H37N5O4. The van der Waals surface area contributed by atoms with Crippen molar-refractivity contribution >= 4 is 34.8 Å². The van der Waals surface area contributed by atoms with Crippen LogP contribution in [0.1, 0.15) is 64.3 Å². The number of pyridine rings is 1. The summed E-state index contributed by atoms with van der Waals surface area (Å²) in [5.74, 6) is -1.06. The van der Waals surface area contributed by atoms with Gasteiger partial charge in [-0.3, -0.25) is 19.4 Å². The van der Waals surface area contributed by atoms with E-state index < -0.39 is 30.2 Å². The summed E-state index contributed by atoms with van der Waals surface area (Å²) in [5, 5.41) is 8.44. The van der Waals surface area contributed by atoms with Gasteiger partial charge in [-0.25, -0.2) is 10.4 Å². The van der Waals surface area contributed by atoms with Crippen LogP contribution in [-0.4, -0.2) is 52.4 Å². The van der Waals surface area contributed by atoms with Crippen molar-refractivity contribution in [1.82, 2.24) is 26.1 Å². The van der Waals surface area contributed by atoms with Crippen molar-refractivity contribution in [2.75, 3.05) is 6.54 Å². The minimum Gasteiger partial charge on any atom is -0.457 e. The lowest BCUT2D eigenvalue weighted by molar-refractivity contribution is -0.157. The normalized spacial score (nSPS) is 26.6. The Kier molecular flexibility index (Phi) is 8.46. The number of hydrogen-bond donors (Lipinski definition) is 3. The molecule has 2 aromatic rings. The van der Waals surface area contributed by atoms with Crippen LogP contribution in [0, 0.1) is 5.92 Å². The van der Waals surface area contributed by atoms with E-state index in [9.17, 15) is 14.4 Å². The summed E-state index contributed by atoms with van der Waals surface area (Å²) in [5.41, 5.74) is 6.12. The second kappa shape index (κ2) is 11.8. The molecule has 2 amide bonds. The van der Waals surface area contributed by atoms with Crippen molar-refractivity contribution in [3.05, 3.63) is 59.9 Å². The first-order chi connectivity index (χ1) is 18.1. The van der Waals surface area contributed by atoms with Crippen molar-refractivity contribution < 1.29 is 19.1 Å². The summed E-state index contributed by atoms with van der Waals surface area (Å²) in [6.45, 7) is 11.9. The highest BCUT2D eigenvalue weighted by Gasteiger charge is 2.33. The zero-order chi connectivity index (χ0) is 27.4. The standard InChI is InChI=1S/C29H37N5O4/c1-17(2)26-27(35)31-19(4)28(36)34-15-7-10-24(33-34)29(37)38-20(5)22-12-11-21-13-14-23(32-25(21)16-22)9-6-8-18(3)30-26/h6,9,11-14,16-17,19-20,24,26,30,33H,3,7-8,10,15H2,1-2,4-5H3,(H,31,35)/b9-6+/t19-,20+,24-,26-/m0/s1. The topological polar surface area (TPSA) is 113 Å². The molecule has 0 saturated carbocycles. The number of nitrogens with zero attached hydrogens (tertiary/aromatic N) is 2. The lowest BCUT2D eigenvalue weighted by atomic mass is 10.0. The summed E-state index contributed by atoms with van der Waals surface area (Å²) in [6.07, 6.45) is 5.07. The van der Waals surface area contributed by atoms with Crippen LogP contribution in [0.4, 0.5) is 0 Å². The second-order valence-corrected chi connectivity index (χ2v) is 10.4. The smallest absolute Gasteiger partial charge is 0.325 e. The van der Waals surface area contributed by atoms with Gasteiger partial charge >= 0.3 is 5.97 Å². The van der Waals surface area contributed by atoms with Gasteiger partial charge in [-0.1, -0.05) is 44.7 Å². The lowest BCUT2D eigenvalue weighted by Crippen LogP contribution is -2.60. The molecular weight excluding hydrogens is 482 g/mol. The number of allylic oxidation sites excluding steroid dienone is 1. The van der Waals surface area contributed by atoms with Crippen LogP contribution < -0.4 is 16.1 Å². The van der Waals surface area contributed by atoms with Crippen LogP contribution in [0.3, 0.4) is 0 Å². The van der Waals surface area contributed by atoms with Crippen molar-refractivity contribution in [3.8, 4) is 0 Å². The summed E-state index contributed by atoms with van der Waals surface area (Å²) >= 11 is 0. The second-order valence-electron chi connectivity index (χ2n) is 10.4. The molecule has 2 aliphatic rings. The minimum atomic E-state index is -0.780. The van der Waals surface area contributed by atoms with Gasteiger partial charge in [0.15, 0.2) is 0 Å². The fourth-order valence-corrected chi connectivity index (χ4v) is 4.67. The van der Waals surface area contributed by atoms with Gasteiger partial charge in [0.1, 0.15) is 24.2 Å². The quantitative estimate of drug-likeness (QED) is 0.495. The Morgan fingerprint density at radius 1 is 1.11 bits per heavy atom. The van der Waals surface area contributed by atoms with E-state index in [-0.39, 0.29) is 17.7 Å². The summed E-state index contributed by atoms with van der Waals surface area (Å²) in [6, 6.07) is 7.78. The average Bonchev–Trinajstić information content (AvgIpc) is 2.90. The largest absolute Gasteiger partial charge is 0.457 e. The molecule has 1 aromatic carbocycles. The number of hydrazine groups is 1. The van der Waals surface area contributed by atoms with E-state index in [1.54, 1.807) is 6.92 Å². The number of carbonyl (C=O) groups is 3. The fourth-order valence-electron chi connectivity index (χ4n) is 4.67. The molecule has 1 aromatic heterocycles. The number of rotatable bonds is 1. The van der Waals surface area contributed by atoms with Gasteiger partial charge < -0.3 is 15.4 Å². The molecule has 4 rings (SSSR count). The Labute approximate surface area is 223 Å². The maximum Gasteiger partial charge on any atom is 0.325 e. The maximum atomic E-state index is 13.1. The van der Waals surface area contributed by atoms with E-state index in [0.29, 0.717) is 31.5 Å². The van der Waals surface area contributed by atoms with Crippen molar-refractivity contribution in [1.29, 1.82) is 0 Å². The first-order valence-electron chi connectivity index (χ1n) is 13.2. The van der Waals surface area contributed by atoms with E-state index in [1.807, 2.05) is 63.3 Å². The zero-order valence-electron chi connectivity index (χ0n) is 22.5. The molecule has 0 aliphatic carbocycles. The molecule has 1 saturated heterocycles. The number of aromatic nitrogens is 1. The first-order valence-corrected chi connectivity index (χ1v) is 13.2. The molecule has 0 radical (unpaired) electrons. The molecule has 3 N–H and O–H groups in total. The number of fused-ring (bicyclic) bond motifs is 4. The van der Waals surface area contributed by atoms with E-state index in [2.05, 4.69) is 22.6 Å². The van der Waals surface area contributed by atoms with Gasteiger partial charge in [-0.2, -0.15) is 0 Å². The highest BCUT2D eigenvalue weighted by atomic mass is 16.5. The molecule has 0 unspecified atom stereocenters. The number of carbonyl (C=O) groups excluding carboxylic acids is 3. The minimum absolute atomic E-state index is 0.0368. The van der Waals surface area contributed by atoms with E-state index in [1.165, 1.54) is 5.01 Å². The van der Waals surface area contributed by atoms with E-state index in [4.69, 9.17) is 9.72 Å². The molecule has 3 heterocycles. The predicted molar refractivity (Wildman–Crippen MR) is 146 cm³/mol. The number of nitrogens with one attached hydrogen (secondary N) is 3.